The Morgan fingerprint density at radius 1 is 1.26 bits per heavy atom. The first-order valence-electron chi connectivity index (χ1n) is 8.85. The Balaban J connectivity index is 1.53. The number of nitro groups is 1. The first-order valence-corrected chi connectivity index (χ1v) is 11.1. The van der Waals surface area contributed by atoms with Gasteiger partial charge in [-0.3, -0.25) is 15.0 Å². The number of nitro benzene ring substituents is 1. The summed E-state index contributed by atoms with van der Waals surface area (Å²) in [5.41, 5.74) is 1.15. The summed E-state index contributed by atoms with van der Waals surface area (Å²) in [5, 5.41) is 15.4. The van der Waals surface area contributed by atoms with Crippen LogP contribution < -0.4 is 4.90 Å². The molecule has 27 heavy (non-hydrogen) atoms. The Labute approximate surface area is 172 Å². The van der Waals surface area contributed by atoms with Crippen LogP contribution in [0.2, 0.25) is 0 Å². The van der Waals surface area contributed by atoms with Crippen molar-refractivity contribution in [2.75, 3.05) is 36.8 Å². The lowest BCUT2D eigenvalue weighted by Crippen LogP contribution is -2.46. The van der Waals surface area contributed by atoms with Gasteiger partial charge in [-0.2, -0.15) is 5.10 Å². The first kappa shape index (κ1) is 20.2. The monoisotopic (exact) mass is 425 g/mol. The van der Waals surface area contributed by atoms with E-state index in [1.807, 2.05) is 16.8 Å². The first-order chi connectivity index (χ1) is 12.9. The second-order valence-corrected chi connectivity index (χ2v) is 9.75. The zero-order chi connectivity index (χ0) is 19.4. The fraction of sp³-hybridized carbons (Fsp3) is 0.529. The van der Waals surface area contributed by atoms with Crippen LogP contribution >= 0.6 is 35.3 Å². The molecule has 0 amide bonds. The van der Waals surface area contributed by atoms with Crippen molar-refractivity contribution in [3.63, 3.8) is 0 Å². The molecule has 3 rings (SSSR count). The van der Waals surface area contributed by atoms with E-state index in [1.54, 1.807) is 35.2 Å². The lowest BCUT2D eigenvalue weighted by Gasteiger charge is -2.35. The molecule has 0 N–H and O–H groups in total. The number of aromatic nitrogens is 2. The van der Waals surface area contributed by atoms with Crippen molar-refractivity contribution in [1.82, 2.24) is 14.7 Å². The molecule has 2 heterocycles. The Bertz CT molecular complexity index is 826. The van der Waals surface area contributed by atoms with Crippen LogP contribution in [0.5, 0.6) is 0 Å². The summed E-state index contributed by atoms with van der Waals surface area (Å²) in [6.07, 6.45) is 0. The van der Waals surface area contributed by atoms with E-state index in [0.717, 1.165) is 45.9 Å². The van der Waals surface area contributed by atoms with E-state index in [-0.39, 0.29) is 10.6 Å². The van der Waals surface area contributed by atoms with Crippen molar-refractivity contribution in [1.29, 1.82) is 0 Å². The summed E-state index contributed by atoms with van der Waals surface area (Å²) in [6, 6.07) is 6.77. The molecule has 1 aromatic heterocycles. The molecule has 1 saturated heterocycles. The van der Waals surface area contributed by atoms with Gasteiger partial charge in [-0.05, 0) is 30.3 Å². The molecule has 146 valence electrons. The highest BCUT2D eigenvalue weighted by Crippen LogP contribution is 2.25. The topological polar surface area (TPSA) is 67.4 Å². The Morgan fingerprint density at radius 2 is 1.93 bits per heavy atom. The minimum absolute atomic E-state index is 0.126. The molecule has 1 fully saturated rings. The van der Waals surface area contributed by atoms with Gasteiger partial charge < -0.3 is 4.90 Å². The molecule has 1 aromatic carbocycles. The summed E-state index contributed by atoms with van der Waals surface area (Å²) in [6.45, 7) is 8.69. The smallest absolute Gasteiger partial charge is 0.269 e. The number of hydrogen-bond donors (Lipinski definition) is 0. The van der Waals surface area contributed by atoms with Gasteiger partial charge in [-0.15, -0.1) is 0 Å². The van der Waals surface area contributed by atoms with E-state index < -0.39 is 0 Å². The molecule has 0 spiro atoms. The molecule has 1 aliphatic rings. The van der Waals surface area contributed by atoms with E-state index >= 15 is 0 Å². The molecule has 1 aliphatic heterocycles. The van der Waals surface area contributed by atoms with Gasteiger partial charge in [0.05, 0.1) is 11.6 Å². The number of thioether (sulfide) groups is 1. The van der Waals surface area contributed by atoms with Crippen molar-refractivity contribution in [2.24, 2.45) is 5.92 Å². The molecule has 2 aromatic rings. The van der Waals surface area contributed by atoms with Gasteiger partial charge in [-0.25, -0.2) is 4.68 Å². The predicted octanol–water partition coefficient (Wildman–Crippen LogP) is 4.11. The largest absolute Gasteiger partial charge is 0.369 e. The average molecular weight is 426 g/mol. The normalized spacial score (nSPS) is 15.4. The number of anilines is 1. The van der Waals surface area contributed by atoms with Gasteiger partial charge in [-0.1, -0.05) is 36.9 Å². The minimum Gasteiger partial charge on any atom is -0.369 e. The highest BCUT2D eigenvalue weighted by atomic mass is 32.2. The second-order valence-electron chi connectivity index (χ2n) is 6.86. The van der Waals surface area contributed by atoms with Gasteiger partial charge >= 0.3 is 0 Å². The van der Waals surface area contributed by atoms with Crippen molar-refractivity contribution in [2.45, 2.75) is 24.9 Å². The molecule has 0 radical (unpaired) electrons. The minimum atomic E-state index is -0.368. The highest BCUT2D eigenvalue weighted by Gasteiger charge is 2.19. The summed E-state index contributed by atoms with van der Waals surface area (Å²) < 4.78 is 3.78. The fourth-order valence-corrected chi connectivity index (χ4v) is 5.09. The molecule has 0 atom stereocenters. The van der Waals surface area contributed by atoms with Crippen LogP contribution in [0.4, 0.5) is 11.4 Å². The lowest BCUT2D eigenvalue weighted by molar-refractivity contribution is -0.384. The summed E-state index contributed by atoms with van der Waals surface area (Å²) in [7, 11) is 0. The highest BCUT2D eigenvalue weighted by molar-refractivity contribution is 8.01. The fourth-order valence-electron chi connectivity index (χ4n) is 2.79. The Hall–Kier alpha value is -1.49. The number of rotatable bonds is 7. The molecular formula is C17H23N5O2S3. The number of hydrogen-bond acceptors (Lipinski definition) is 8. The van der Waals surface area contributed by atoms with Crippen LogP contribution in [0.3, 0.4) is 0 Å². The summed E-state index contributed by atoms with van der Waals surface area (Å²) >= 11 is 8.82. The van der Waals surface area contributed by atoms with E-state index in [4.69, 9.17) is 12.2 Å². The van der Waals surface area contributed by atoms with Crippen molar-refractivity contribution in [3.8, 4) is 0 Å². The summed E-state index contributed by atoms with van der Waals surface area (Å²) in [4.78, 5) is 15.0. The van der Waals surface area contributed by atoms with Crippen LogP contribution in [0.15, 0.2) is 28.6 Å². The Kier molecular flexibility index (Phi) is 6.85. The van der Waals surface area contributed by atoms with E-state index in [2.05, 4.69) is 28.7 Å². The quantitative estimate of drug-likeness (QED) is 0.286. The van der Waals surface area contributed by atoms with Crippen LogP contribution in [0.25, 0.3) is 0 Å². The number of piperazine rings is 1. The number of nitrogens with zero attached hydrogens (tertiary/aromatic N) is 5. The van der Waals surface area contributed by atoms with E-state index in [9.17, 15) is 10.1 Å². The zero-order valence-corrected chi connectivity index (χ0v) is 17.9. The maximum absolute atomic E-state index is 10.8. The van der Waals surface area contributed by atoms with E-state index in [0.29, 0.717) is 12.6 Å². The van der Waals surface area contributed by atoms with Crippen molar-refractivity contribution in [3.05, 3.63) is 38.3 Å². The third-order valence-corrected chi connectivity index (χ3v) is 7.13. The van der Waals surface area contributed by atoms with Crippen LogP contribution in [-0.2, 0) is 6.67 Å². The van der Waals surface area contributed by atoms with Crippen molar-refractivity contribution < 1.29 is 4.92 Å². The molecule has 0 bridgehead atoms. The van der Waals surface area contributed by atoms with Gasteiger partial charge in [0, 0.05) is 49.8 Å². The maximum atomic E-state index is 10.8. The molecule has 7 nitrogen and oxygen atoms in total. The second kappa shape index (κ2) is 9.13. The van der Waals surface area contributed by atoms with Crippen LogP contribution in [-0.4, -0.2) is 51.5 Å². The number of benzene rings is 1. The number of non-ortho nitro benzene ring substituents is 1. The third-order valence-electron chi connectivity index (χ3n) is 4.26. The van der Waals surface area contributed by atoms with Gasteiger partial charge in [0.15, 0.2) is 8.29 Å². The van der Waals surface area contributed by atoms with E-state index in [1.165, 1.54) is 0 Å². The van der Waals surface area contributed by atoms with Crippen LogP contribution in [0, 0.1) is 20.0 Å². The third kappa shape index (κ3) is 5.50. The average Bonchev–Trinajstić information content (AvgIpc) is 3.00. The standard InChI is InChI=1S/C17H23N5O2S3/c1-13(2)11-26-16-18-21(17(25)27-16)12-19-7-9-20(10-8-19)14-3-5-15(6-4-14)22(23)24/h3-6,13H,7-12H2,1-2H3. The zero-order valence-electron chi connectivity index (χ0n) is 15.4. The predicted molar refractivity (Wildman–Crippen MR) is 113 cm³/mol. The van der Waals surface area contributed by atoms with Crippen molar-refractivity contribution >= 4 is 46.7 Å². The van der Waals surface area contributed by atoms with Crippen LogP contribution in [0.1, 0.15) is 13.8 Å². The molecule has 0 unspecified atom stereocenters. The molecule has 0 saturated carbocycles. The van der Waals surface area contributed by atoms with Gasteiger partial charge in [0.1, 0.15) is 0 Å². The lowest BCUT2D eigenvalue weighted by atomic mass is 10.2. The molecule has 0 aliphatic carbocycles. The molecular weight excluding hydrogens is 402 g/mol. The SMILES string of the molecule is CC(C)CSc1nn(CN2CCN(c3ccc([N+](=O)[O-])cc3)CC2)c(=S)s1. The summed E-state index contributed by atoms with van der Waals surface area (Å²) in [5.74, 6) is 1.68. The molecule has 10 heteroatoms. The van der Waals surface area contributed by atoms with Gasteiger partial charge in [0.2, 0.25) is 0 Å². The Morgan fingerprint density at radius 3 is 2.52 bits per heavy atom. The maximum Gasteiger partial charge on any atom is 0.269 e. The van der Waals surface area contributed by atoms with Gasteiger partial charge in [0.25, 0.3) is 5.69 Å².